The smallest absolute Gasteiger partial charge is 0.176 e. The maximum atomic E-state index is 5.84. The lowest BCUT2D eigenvalue weighted by atomic mass is 10.2. The van der Waals surface area contributed by atoms with Crippen molar-refractivity contribution in [3.8, 4) is 11.5 Å². The molecule has 0 atom stereocenters. The van der Waals surface area contributed by atoms with Crippen molar-refractivity contribution in [3.05, 3.63) is 21.1 Å². The Kier molecular flexibility index (Phi) is 6.50. The molecule has 2 nitrogen and oxygen atoms in total. The molecule has 0 bridgehead atoms. The highest BCUT2D eigenvalue weighted by molar-refractivity contribution is 9.13. The van der Waals surface area contributed by atoms with Crippen LogP contribution in [0.25, 0.3) is 0 Å². The minimum atomic E-state index is 0.480. The van der Waals surface area contributed by atoms with Gasteiger partial charge >= 0.3 is 0 Å². The fraction of sp³-hybridized carbons (Fsp3) is 0.571. The second-order valence-electron chi connectivity index (χ2n) is 5.10. The fourth-order valence-electron chi connectivity index (χ4n) is 1.27. The minimum Gasteiger partial charge on any atom is -0.489 e. The Labute approximate surface area is 126 Å². The SMILES string of the molecule is CC(C)COc1ccc(Br)c(Br)c1OCC(C)C. The van der Waals surface area contributed by atoms with Crippen molar-refractivity contribution in [2.75, 3.05) is 13.2 Å². The normalized spacial score (nSPS) is 11.1. The van der Waals surface area contributed by atoms with E-state index in [1.807, 2.05) is 12.1 Å². The molecule has 0 aliphatic rings. The van der Waals surface area contributed by atoms with Crippen molar-refractivity contribution >= 4 is 31.9 Å². The van der Waals surface area contributed by atoms with Crippen LogP contribution in [-0.4, -0.2) is 13.2 Å². The summed E-state index contributed by atoms with van der Waals surface area (Å²) in [5.41, 5.74) is 0. The summed E-state index contributed by atoms with van der Waals surface area (Å²) < 4.78 is 13.5. The van der Waals surface area contributed by atoms with Crippen LogP contribution in [0, 0.1) is 11.8 Å². The van der Waals surface area contributed by atoms with Gasteiger partial charge < -0.3 is 9.47 Å². The van der Waals surface area contributed by atoms with E-state index in [0.29, 0.717) is 25.0 Å². The Hall–Kier alpha value is -0.220. The van der Waals surface area contributed by atoms with E-state index in [1.165, 1.54) is 0 Å². The molecule has 0 N–H and O–H groups in total. The molecule has 0 spiro atoms. The van der Waals surface area contributed by atoms with E-state index in [2.05, 4.69) is 59.6 Å². The molecule has 0 radical (unpaired) electrons. The van der Waals surface area contributed by atoms with Crippen LogP contribution in [0.15, 0.2) is 21.1 Å². The Bertz CT molecular complexity index is 390. The van der Waals surface area contributed by atoms with E-state index in [0.717, 1.165) is 20.4 Å². The van der Waals surface area contributed by atoms with Crippen molar-refractivity contribution < 1.29 is 9.47 Å². The zero-order valence-electron chi connectivity index (χ0n) is 11.3. The molecule has 1 rings (SSSR count). The number of benzene rings is 1. The number of hydrogen-bond donors (Lipinski definition) is 0. The average Bonchev–Trinajstić information content (AvgIpc) is 2.29. The van der Waals surface area contributed by atoms with Gasteiger partial charge in [-0.3, -0.25) is 0 Å². The van der Waals surface area contributed by atoms with Gasteiger partial charge in [0.2, 0.25) is 0 Å². The quantitative estimate of drug-likeness (QED) is 0.669. The molecule has 0 saturated carbocycles. The highest BCUT2D eigenvalue weighted by Gasteiger charge is 2.14. The van der Waals surface area contributed by atoms with Crippen LogP contribution in [0.3, 0.4) is 0 Å². The molecule has 0 aliphatic heterocycles. The predicted octanol–water partition coefficient (Wildman–Crippen LogP) is 5.28. The first kappa shape index (κ1) is 15.8. The first-order valence-corrected chi connectivity index (χ1v) is 7.74. The monoisotopic (exact) mass is 378 g/mol. The molecule has 0 aliphatic carbocycles. The van der Waals surface area contributed by atoms with Gasteiger partial charge in [0.05, 0.1) is 17.7 Å². The first-order valence-electron chi connectivity index (χ1n) is 6.15. The van der Waals surface area contributed by atoms with Gasteiger partial charge in [-0.1, -0.05) is 27.7 Å². The van der Waals surface area contributed by atoms with Crippen LogP contribution in [-0.2, 0) is 0 Å². The predicted molar refractivity (Wildman–Crippen MR) is 82.5 cm³/mol. The van der Waals surface area contributed by atoms with Gasteiger partial charge in [-0.05, 0) is 55.8 Å². The van der Waals surface area contributed by atoms with E-state index < -0.39 is 0 Å². The second kappa shape index (κ2) is 7.39. The standard InChI is InChI=1S/C14H20Br2O2/c1-9(2)7-17-12-6-5-11(15)13(16)14(12)18-8-10(3)4/h5-6,9-10H,7-8H2,1-4H3. The van der Waals surface area contributed by atoms with Crippen molar-refractivity contribution in [2.24, 2.45) is 11.8 Å². The third kappa shape index (κ3) is 4.81. The lowest BCUT2D eigenvalue weighted by Gasteiger charge is -2.17. The summed E-state index contributed by atoms with van der Waals surface area (Å²) >= 11 is 7.02. The van der Waals surface area contributed by atoms with E-state index in [1.54, 1.807) is 0 Å². The molecule has 1 aromatic rings. The highest BCUT2D eigenvalue weighted by atomic mass is 79.9. The molecular formula is C14H20Br2O2. The van der Waals surface area contributed by atoms with Crippen LogP contribution >= 0.6 is 31.9 Å². The Morgan fingerprint density at radius 1 is 0.944 bits per heavy atom. The molecule has 0 fully saturated rings. The zero-order valence-corrected chi connectivity index (χ0v) is 14.5. The van der Waals surface area contributed by atoms with Crippen LogP contribution in [0.4, 0.5) is 0 Å². The summed E-state index contributed by atoms with van der Waals surface area (Å²) in [4.78, 5) is 0. The third-order valence-corrected chi connectivity index (χ3v) is 4.13. The summed E-state index contributed by atoms with van der Waals surface area (Å²) in [6, 6.07) is 3.90. The number of hydrogen-bond acceptors (Lipinski definition) is 2. The topological polar surface area (TPSA) is 18.5 Å². The molecule has 0 aromatic heterocycles. The molecule has 102 valence electrons. The summed E-state index contributed by atoms with van der Waals surface area (Å²) in [7, 11) is 0. The molecule has 18 heavy (non-hydrogen) atoms. The van der Waals surface area contributed by atoms with Gasteiger partial charge in [0, 0.05) is 4.47 Å². The van der Waals surface area contributed by atoms with Crippen LogP contribution in [0.5, 0.6) is 11.5 Å². The highest BCUT2D eigenvalue weighted by Crippen LogP contribution is 2.40. The second-order valence-corrected chi connectivity index (χ2v) is 6.75. The van der Waals surface area contributed by atoms with Gasteiger partial charge in [-0.25, -0.2) is 0 Å². The molecule has 4 heteroatoms. The van der Waals surface area contributed by atoms with E-state index in [-0.39, 0.29) is 0 Å². The minimum absolute atomic E-state index is 0.480. The van der Waals surface area contributed by atoms with Crippen molar-refractivity contribution in [1.82, 2.24) is 0 Å². The van der Waals surface area contributed by atoms with Crippen LogP contribution < -0.4 is 9.47 Å². The van der Waals surface area contributed by atoms with Gasteiger partial charge in [0.25, 0.3) is 0 Å². The number of rotatable bonds is 6. The van der Waals surface area contributed by atoms with Crippen molar-refractivity contribution in [1.29, 1.82) is 0 Å². The van der Waals surface area contributed by atoms with Crippen LogP contribution in [0.2, 0.25) is 0 Å². The molecular weight excluding hydrogens is 360 g/mol. The molecule has 0 saturated heterocycles. The largest absolute Gasteiger partial charge is 0.489 e. The van der Waals surface area contributed by atoms with Gasteiger partial charge in [-0.15, -0.1) is 0 Å². The number of ether oxygens (including phenoxy) is 2. The third-order valence-electron chi connectivity index (χ3n) is 2.15. The summed E-state index contributed by atoms with van der Waals surface area (Å²) in [6.07, 6.45) is 0. The summed E-state index contributed by atoms with van der Waals surface area (Å²) in [6.45, 7) is 9.87. The lowest BCUT2D eigenvalue weighted by Crippen LogP contribution is -2.09. The van der Waals surface area contributed by atoms with Crippen LogP contribution in [0.1, 0.15) is 27.7 Å². The Morgan fingerprint density at radius 2 is 1.50 bits per heavy atom. The number of halogens is 2. The average molecular weight is 380 g/mol. The zero-order chi connectivity index (χ0) is 13.7. The Morgan fingerprint density at radius 3 is 2.06 bits per heavy atom. The summed E-state index contributed by atoms with van der Waals surface area (Å²) in [5.74, 6) is 2.54. The summed E-state index contributed by atoms with van der Waals surface area (Å²) in [5, 5.41) is 0. The lowest BCUT2D eigenvalue weighted by molar-refractivity contribution is 0.228. The van der Waals surface area contributed by atoms with Crippen molar-refractivity contribution in [3.63, 3.8) is 0 Å². The van der Waals surface area contributed by atoms with Gasteiger partial charge in [-0.2, -0.15) is 0 Å². The maximum Gasteiger partial charge on any atom is 0.176 e. The fourth-order valence-corrected chi connectivity index (χ4v) is 2.02. The van der Waals surface area contributed by atoms with Gasteiger partial charge in [0.15, 0.2) is 11.5 Å². The molecule has 1 aromatic carbocycles. The Balaban J connectivity index is 2.90. The van der Waals surface area contributed by atoms with E-state index in [9.17, 15) is 0 Å². The maximum absolute atomic E-state index is 5.84. The van der Waals surface area contributed by atoms with Gasteiger partial charge in [0.1, 0.15) is 0 Å². The van der Waals surface area contributed by atoms with E-state index >= 15 is 0 Å². The molecule has 0 amide bonds. The molecule has 0 unspecified atom stereocenters. The molecule has 0 heterocycles. The first-order chi connectivity index (χ1) is 8.41. The van der Waals surface area contributed by atoms with E-state index in [4.69, 9.17) is 9.47 Å². The van der Waals surface area contributed by atoms with Crippen molar-refractivity contribution in [2.45, 2.75) is 27.7 Å².